The van der Waals surface area contributed by atoms with Gasteiger partial charge in [0.2, 0.25) is 0 Å². The second-order valence-electron chi connectivity index (χ2n) is 5.09. The highest BCUT2D eigenvalue weighted by Crippen LogP contribution is 2.20. The molecule has 0 amide bonds. The monoisotopic (exact) mass is 234 g/mol. The molecule has 1 aromatic rings. The molecule has 0 aromatic heterocycles. The Labute approximate surface area is 104 Å². The van der Waals surface area contributed by atoms with Gasteiger partial charge in [-0.3, -0.25) is 0 Å². The van der Waals surface area contributed by atoms with E-state index in [1.807, 2.05) is 31.2 Å². The molecule has 1 aliphatic rings. The topological polar surface area (TPSA) is 38.5 Å². The molecule has 0 aliphatic carbocycles. The Kier molecular flexibility index (Phi) is 4.02. The second kappa shape index (κ2) is 5.52. The van der Waals surface area contributed by atoms with Crippen molar-refractivity contribution in [3.63, 3.8) is 0 Å². The molecular weight excluding hydrogens is 212 g/mol. The first-order valence-corrected chi connectivity index (χ1v) is 6.32. The summed E-state index contributed by atoms with van der Waals surface area (Å²) < 4.78 is 5.85. The molecule has 0 radical (unpaired) electrons. The minimum absolute atomic E-state index is 0.0659. The molecule has 0 saturated carbocycles. The summed E-state index contributed by atoms with van der Waals surface area (Å²) in [7, 11) is 2.16. The van der Waals surface area contributed by atoms with Crippen molar-refractivity contribution >= 4 is 0 Å². The van der Waals surface area contributed by atoms with Crippen LogP contribution >= 0.6 is 0 Å². The van der Waals surface area contributed by atoms with Crippen molar-refractivity contribution in [3.8, 4) is 5.75 Å². The molecule has 1 aliphatic heterocycles. The number of rotatable bonds is 4. The second-order valence-corrected chi connectivity index (χ2v) is 5.09. The standard InChI is InChI=1S/C14H22N2O/c1-11(15)13-4-3-5-14(8-13)17-10-12-6-7-16(2)9-12/h3-5,8,11-12H,6-7,9-10,15H2,1-2H3. The Morgan fingerprint density at radius 1 is 1.53 bits per heavy atom. The van der Waals surface area contributed by atoms with Gasteiger partial charge < -0.3 is 15.4 Å². The fourth-order valence-corrected chi connectivity index (χ4v) is 2.26. The van der Waals surface area contributed by atoms with Crippen molar-refractivity contribution in [2.24, 2.45) is 11.7 Å². The molecule has 1 aromatic carbocycles. The van der Waals surface area contributed by atoms with Crippen molar-refractivity contribution in [3.05, 3.63) is 29.8 Å². The molecule has 3 nitrogen and oxygen atoms in total. The van der Waals surface area contributed by atoms with Gasteiger partial charge in [0, 0.05) is 18.5 Å². The Hall–Kier alpha value is -1.06. The van der Waals surface area contributed by atoms with E-state index in [1.54, 1.807) is 0 Å². The number of nitrogens with zero attached hydrogens (tertiary/aromatic N) is 1. The molecule has 1 heterocycles. The largest absolute Gasteiger partial charge is 0.493 e. The van der Waals surface area contributed by atoms with E-state index in [4.69, 9.17) is 10.5 Å². The van der Waals surface area contributed by atoms with Crippen LogP contribution in [0.25, 0.3) is 0 Å². The summed E-state index contributed by atoms with van der Waals surface area (Å²) in [6, 6.07) is 8.17. The smallest absolute Gasteiger partial charge is 0.119 e. The van der Waals surface area contributed by atoms with Gasteiger partial charge in [0.15, 0.2) is 0 Å². The lowest BCUT2D eigenvalue weighted by Crippen LogP contribution is -2.18. The van der Waals surface area contributed by atoms with Gasteiger partial charge >= 0.3 is 0 Å². The lowest BCUT2D eigenvalue weighted by molar-refractivity contribution is 0.249. The van der Waals surface area contributed by atoms with Crippen molar-refractivity contribution in [2.75, 3.05) is 26.7 Å². The van der Waals surface area contributed by atoms with Gasteiger partial charge in [0.1, 0.15) is 5.75 Å². The lowest BCUT2D eigenvalue weighted by atomic mass is 10.1. The van der Waals surface area contributed by atoms with Crippen molar-refractivity contribution in [1.29, 1.82) is 0 Å². The van der Waals surface area contributed by atoms with Crippen LogP contribution in [0, 0.1) is 5.92 Å². The average Bonchev–Trinajstić information content (AvgIpc) is 2.73. The first kappa shape index (κ1) is 12.4. The highest BCUT2D eigenvalue weighted by atomic mass is 16.5. The van der Waals surface area contributed by atoms with Crippen molar-refractivity contribution in [2.45, 2.75) is 19.4 Å². The molecule has 1 saturated heterocycles. The van der Waals surface area contributed by atoms with Crippen molar-refractivity contribution < 1.29 is 4.74 Å². The number of benzene rings is 1. The molecule has 2 atom stereocenters. The third-order valence-corrected chi connectivity index (χ3v) is 3.36. The Morgan fingerprint density at radius 2 is 2.35 bits per heavy atom. The quantitative estimate of drug-likeness (QED) is 0.866. The van der Waals surface area contributed by atoms with E-state index in [2.05, 4.69) is 11.9 Å². The maximum absolute atomic E-state index is 5.86. The minimum atomic E-state index is 0.0659. The predicted molar refractivity (Wildman–Crippen MR) is 70.1 cm³/mol. The highest BCUT2D eigenvalue weighted by Gasteiger charge is 2.19. The van der Waals surface area contributed by atoms with Crippen LogP contribution in [0.5, 0.6) is 5.75 Å². The fourth-order valence-electron chi connectivity index (χ4n) is 2.26. The maximum Gasteiger partial charge on any atom is 0.119 e. The van der Waals surface area contributed by atoms with Gasteiger partial charge in [0.25, 0.3) is 0 Å². The molecule has 2 rings (SSSR count). The minimum Gasteiger partial charge on any atom is -0.493 e. The van der Waals surface area contributed by atoms with Gasteiger partial charge in [-0.15, -0.1) is 0 Å². The molecule has 1 fully saturated rings. The van der Waals surface area contributed by atoms with Gasteiger partial charge in [-0.2, -0.15) is 0 Å². The van der Waals surface area contributed by atoms with Crippen LogP contribution in [0.4, 0.5) is 0 Å². The van der Waals surface area contributed by atoms with E-state index in [0.29, 0.717) is 5.92 Å². The molecule has 0 bridgehead atoms. The first-order chi connectivity index (χ1) is 8.15. The number of hydrogen-bond donors (Lipinski definition) is 1. The average molecular weight is 234 g/mol. The highest BCUT2D eigenvalue weighted by molar-refractivity contribution is 5.30. The van der Waals surface area contributed by atoms with Crippen LogP contribution in [0.1, 0.15) is 24.9 Å². The lowest BCUT2D eigenvalue weighted by Gasteiger charge is -2.13. The number of hydrogen-bond acceptors (Lipinski definition) is 3. The molecule has 2 unspecified atom stereocenters. The number of nitrogens with two attached hydrogens (primary N) is 1. The maximum atomic E-state index is 5.86. The van der Waals surface area contributed by atoms with Gasteiger partial charge in [0.05, 0.1) is 6.61 Å². The van der Waals surface area contributed by atoms with Crippen LogP contribution < -0.4 is 10.5 Å². The summed E-state index contributed by atoms with van der Waals surface area (Å²) in [5, 5.41) is 0. The first-order valence-electron chi connectivity index (χ1n) is 6.32. The van der Waals surface area contributed by atoms with E-state index in [0.717, 1.165) is 24.5 Å². The zero-order valence-corrected chi connectivity index (χ0v) is 10.7. The Morgan fingerprint density at radius 3 is 3.00 bits per heavy atom. The van der Waals surface area contributed by atoms with Crippen LogP contribution in [-0.4, -0.2) is 31.6 Å². The van der Waals surface area contributed by atoms with Crippen molar-refractivity contribution in [1.82, 2.24) is 4.90 Å². The summed E-state index contributed by atoms with van der Waals surface area (Å²) in [6.07, 6.45) is 1.24. The fraction of sp³-hybridized carbons (Fsp3) is 0.571. The SMILES string of the molecule is CC(N)c1cccc(OCC2CCN(C)C2)c1. The third-order valence-electron chi connectivity index (χ3n) is 3.36. The Bertz CT molecular complexity index is 365. The summed E-state index contributed by atoms with van der Waals surface area (Å²) >= 11 is 0. The molecule has 0 spiro atoms. The van der Waals surface area contributed by atoms with E-state index < -0.39 is 0 Å². The van der Waals surface area contributed by atoms with Crippen LogP contribution in [0.15, 0.2) is 24.3 Å². The van der Waals surface area contributed by atoms with Crippen LogP contribution in [0.2, 0.25) is 0 Å². The predicted octanol–water partition coefficient (Wildman–Crippen LogP) is 2.04. The Balaban J connectivity index is 1.88. The van der Waals surface area contributed by atoms with E-state index in [9.17, 15) is 0 Å². The van der Waals surface area contributed by atoms with E-state index >= 15 is 0 Å². The summed E-state index contributed by atoms with van der Waals surface area (Å²) in [6.45, 7) is 5.14. The van der Waals surface area contributed by atoms with Gasteiger partial charge in [-0.25, -0.2) is 0 Å². The molecular formula is C14H22N2O. The van der Waals surface area contributed by atoms with Crippen LogP contribution in [-0.2, 0) is 0 Å². The summed E-state index contributed by atoms with van der Waals surface area (Å²) in [4.78, 5) is 2.35. The normalized spacial score (nSPS) is 22.6. The summed E-state index contributed by atoms with van der Waals surface area (Å²) in [5.74, 6) is 1.60. The molecule has 17 heavy (non-hydrogen) atoms. The number of likely N-dealkylation sites (tertiary alicyclic amines) is 1. The van der Waals surface area contributed by atoms with E-state index in [-0.39, 0.29) is 6.04 Å². The third kappa shape index (κ3) is 3.45. The summed E-state index contributed by atoms with van der Waals surface area (Å²) in [5.41, 5.74) is 6.99. The zero-order chi connectivity index (χ0) is 12.3. The zero-order valence-electron chi connectivity index (χ0n) is 10.7. The van der Waals surface area contributed by atoms with Gasteiger partial charge in [-0.05, 0) is 44.6 Å². The van der Waals surface area contributed by atoms with Gasteiger partial charge in [-0.1, -0.05) is 12.1 Å². The molecule has 3 heteroatoms. The van der Waals surface area contributed by atoms with E-state index in [1.165, 1.54) is 13.0 Å². The molecule has 2 N–H and O–H groups in total. The number of ether oxygens (including phenoxy) is 1. The molecule has 94 valence electrons. The van der Waals surface area contributed by atoms with Crippen LogP contribution in [0.3, 0.4) is 0 Å².